The van der Waals surface area contributed by atoms with Crippen molar-refractivity contribution in [2.45, 2.75) is 19.4 Å². The van der Waals surface area contributed by atoms with E-state index in [1.54, 1.807) is 0 Å². The van der Waals surface area contributed by atoms with Gasteiger partial charge in [0, 0.05) is 48.2 Å². The van der Waals surface area contributed by atoms with E-state index < -0.39 is 0 Å². The zero-order chi connectivity index (χ0) is 20.6. The van der Waals surface area contributed by atoms with Gasteiger partial charge in [-0.05, 0) is 36.4 Å². The average Bonchev–Trinajstić information content (AvgIpc) is 3.45. The second-order valence-electron chi connectivity index (χ2n) is 7.44. The monoisotopic (exact) mass is 425 g/mol. The van der Waals surface area contributed by atoms with E-state index in [1.165, 1.54) is 21.3 Å². The molecule has 6 nitrogen and oxygen atoms in total. The molecule has 1 saturated heterocycles. The van der Waals surface area contributed by atoms with Gasteiger partial charge < -0.3 is 20.4 Å². The number of hydrogen-bond donors (Lipinski definition) is 3. The molecule has 7 heteroatoms. The Balaban J connectivity index is 1.39. The van der Waals surface area contributed by atoms with Gasteiger partial charge in [-0.1, -0.05) is 24.3 Å². The van der Waals surface area contributed by atoms with Crippen molar-refractivity contribution in [3.8, 4) is 0 Å². The lowest BCUT2D eigenvalue weighted by atomic mass is 10.1. The van der Waals surface area contributed by atoms with Crippen LogP contribution in [0.25, 0.3) is 10.9 Å². The van der Waals surface area contributed by atoms with E-state index >= 15 is 0 Å². The van der Waals surface area contributed by atoms with Gasteiger partial charge in [0.15, 0.2) is 5.96 Å². The van der Waals surface area contributed by atoms with Gasteiger partial charge in [-0.15, -0.1) is 11.3 Å². The average molecular weight is 426 g/mol. The fraction of sp³-hybridized carbons (Fsp3) is 0.435. The third-order valence-corrected chi connectivity index (χ3v) is 6.46. The van der Waals surface area contributed by atoms with Gasteiger partial charge >= 0.3 is 0 Å². The predicted molar refractivity (Wildman–Crippen MR) is 125 cm³/mol. The molecule has 3 N–H and O–H groups in total. The molecule has 4 rings (SSSR count). The molecular formula is C23H31N5OS. The smallest absolute Gasteiger partial charge is 0.191 e. The summed E-state index contributed by atoms with van der Waals surface area (Å²) in [6.07, 6.45) is 3.06. The molecule has 1 aliphatic rings. The number of aromatic amines is 1. The summed E-state index contributed by atoms with van der Waals surface area (Å²) in [5.74, 6) is 0.882. The number of H-pyrrole nitrogens is 1. The van der Waals surface area contributed by atoms with E-state index in [4.69, 9.17) is 9.73 Å². The molecule has 0 spiro atoms. The number of thiophene rings is 1. The minimum atomic E-state index is 0.304. The van der Waals surface area contributed by atoms with Crippen LogP contribution in [-0.4, -0.2) is 61.8 Å². The van der Waals surface area contributed by atoms with E-state index in [0.29, 0.717) is 6.04 Å². The first-order chi connectivity index (χ1) is 14.8. The maximum Gasteiger partial charge on any atom is 0.191 e. The van der Waals surface area contributed by atoms with Crippen LogP contribution in [-0.2, 0) is 11.2 Å². The van der Waals surface area contributed by atoms with Crippen LogP contribution in [0, 0.1) is 0 Å². The maximum atomic E-state index is 5.55. The second kappa shape index (κ2) is 10.6. The number of guanidine groups is 1. The van der Waals surface area contributed by atoms with Crippen molar-refractivity contribution in [1.82, 2.24) is 20.5 Å². The molecule has 160 valence electrons. The molecule has 1 aliphatic heterocycles. The number of hydrogen-bond acceptors (Lipinski definition) is 4. The third kappa shape index (κ3) is 5.22. The van der Waals surface area contributed by atoms with Gasteiger partial charge in [0.1, 0.15) is 0 Å². The van der Waals surface area contributed by atoms with Gasteiger partial charge in [0.2, 0.25) is 0 Å². The number of benzene rings is 1. The Morgan fingerprint density at radius 2 is 2.07 bits per heavy atom. The molecule has 1 unspecified atom stereocenters. The minimum absolute atomic E-state index is 0.304. The number of morpholine rings is 1. The molecule has 1 fully saturated rings. The number of ether oxygens (including phenoxy) is 1. The highest BCUT2D eigenvalue weighted by Crippen LogP contribution is 2.26. The Morgan fingerprint density at radius 1 is 1.20 bits per heavy atom. The summed E-state index contributed by atoms with van der Waals surface area (Å²) in [4.78, 5) is 12.2. The van der Waals surface area contributed by atoms with E-state index in [9.17, 15) is 0 Å². The Kier molecular flexibility index (Phi) is 7.39. The van der Waals surface area contributed by atoms with Crippen LogP contribution >= 0.6 is 11.3 Å². The van der Waals surface area contributed by atoms with Crippen LogP contribution in [0.1, 0.15) is 23.4 Å². The molecule has 0 amide bonds. The summed E-state index contributed by atoms with van der Waals surface area (Å²) >= 11 is 1.81. The first kappa shape index (κ1) is 20.9. The molecule has 3 heterocycles. The zero-order valence-corrected chi connectivity index (χ0v) is 18.4. The van der Waals surface area contributed by atoms with Crippen LogP contribution < -0.4 is 10.6 Å². The fourth-order valence-electron chi connectivity index (χ4n) is 3.93. The third-order valence-electron chi connectivity index (χ3n) is 5.49. The number of fused-ring (bicyclic) bond motifs is 1. The second-order valence-corrected chi connectivity index (χ2v) is 8.41. The number of aromatic nitrogens is 1. The first-order valence-electron chi connectivity index (χ1n) is 10.8. The number of nitrogens with zero attached hydrogens (tertiary/aromatic N) is 2. The molecule has 0 aliphatic carbocycles. The summed E-state index contributed by atoms with van der Waals surface area (Å²) < 4.78 is 5.55. The van der Waals surface area contributed by atoms with Crippen LogP contribution in [0.15, 0.2) is 53.0 Å². The molecule has 0 radical (unpaired) electrons. The van der Waals surface area contributed by atoms with Gasteiger partial charge in [0.05, 0.1) is 25.8 Å². The Bertz CT molecular complexity index is 930. The van der Waals surface area contributed by atoms with E-state index in [2.05, 4.69) is 75.4 Å². The molecule has 3 aromatic rings. The van der Waals surface area contributed by atoms with Gasteiger partial charge in [-0.3, -0.25) is 9.89 Å². The lowest BCUT2D eigenvalue weighted by molar-refractivity contribution is 0.0186. The number of rotatable bonds is 8. The Labute approximate surface area is 182 Å². The number of para-hydroxylation sites is 1. The highest BCUT2D eigenvalue weighted by Gasteiger charge is 2.23. The molecule has 0 bridgehead atoms. The molecular weight excluding hydrogens is 394 g/mol. The zero-order valence-electron chi connectivity index (χ0n) is 17.6. The first-order valence-corrected chi connectivity index (χ1v) is 11.7. The Hall–Kier alpha value is -2.35. The summed E-state index contributed by atoms with van der Waals surface area (Å²) in [6, 6.07) is 13.1. The van der Waals surface area contributed by atoms with Crippen molar-refractivity contribution in [1.29, 1.82) is 0 Å². The minimum Gasteiger partial charge on any atom is -0.379 e. The van der Waals surface area contributed by atoms with Crippen molar-refractivity contribution in [2.75, 3.05) is 45.9 Å². The van der Waals surface area contributed by atoms with Crippen LogP contribution in [0.2, 0.25) is 0 Å². The molecule has 1 aromatic carbocycles. The number of aliphatic imine (C=N–C) groups is 1. The lowest BCUT2D eigenvalue weighted by Crippen LogP contribution is -2.42. The standard InChI is InChI=1S/C23H31N5OS/c1-2-24-23(25-10-9-18-16-26-20-7-4-3-6-19(18)20)27-17-21(22-8-5-15-30-22)28-11-13-29-14-12-28/h3-8,15-16,21,26H,2,9-14,17H2,1H3,(H2,24,25,27). The molecule has 0 saturated carbocycles. The van der Waals surface area contributed by atoms with Gasteiger partial charge in [-0.2, -0.15) is 0 Å². The lowest BCUT2D eigenvalue weighted by Gasteiger charge is -2.33. The summed E-state index contributed by atoms with van der Waals surface area (Å²) in [5.41, 5.74) is 2.52. The van der Waals surface area contributed by atoms with Crippen LogP contribution in [0.4, 0.5) is 0 Å². The summed E-state index contributed by atoms with van der Waals surface area (Å²) in [7, 11) is 0. The maximum absolute atomic E-state index is 5.55. The van der Waals surface area contributed by atoms with Crippen LogP contribution in [0.5, 0.6) is 0 Å². The van der Waals surface area contributed by atoms with Crippen molar-refractivity contribution in [3.63, 3.8) is 0 Å². The Morgan fingerprint density at radius 3 is 2.87 bits per heavy atom. The van der Waals surface area contributed by atoms with Crippen molar-refractivity contribution in [3.05, 3.63) is 58.4 Å². The largest absolute Gasteiger partial charge is 0.379 e. The van der Waals surface area contributed by atoms with Crippen molar-refractivity contribution in [2.24, 2.45) is 4.99 Å². The fourth-order valence-corrected chi connectivity index (χ4v) is 4.78. The van der Waals surface area contributed by atoms with Crippen molar-refractivity contribution >= 4 is 28.2 Å². The molecule has 2 aromatic heterocycles. The van der Waals surface area contributed by atoms with Gasteiger partial charge in [-0.25, -0.2) is 0 Å². The normalized spacial score (nSPS) is 16.6. The quantitative estimate of drug-likeness (QED) is 0.382. The predicted octanol–water partition coefficient (Wildman–Crippen LogP) is 3.40. The van der Waals surface area contributed by atoms with E-state index in [1.807, 2.05) is 11.3 Å². The summed E-state index contributed by atoms with van der Waals surface area (Å²) in [6.45, 7) is 8.06. The summed E-state index contributed by atoms with van der Waals surface area (Å²) in [5, 5.41) is 10.4. The van der Waals surface area contributed by atoms with E-state index in [0.717, 1.165) is 58.3 Å². The van der Waals surface area contributed by atoms with E-state index in [-0.39, 0.29) is 0 Å². The molecule has 30 heavy (non-hydrogen) atoms. The topological polar surface area (TPSA) is 64.7 Å². The van der Waals surface area contributed by atoms with Crippen LogP contribution in [0.3, 0.4) is 0 Å². The van der Waals surface area contributed by atoms with Crippen molar-refractivity contribution < 1.29 is 4.74 Å². The highest BCUT2D eigenvalue weighted by molar-refractivity contribution is 7.10. The highest BCUT2D eigenvalue weighted by atomic mass is 32.1. The van der Waals surface area contributed by atoms with Gasteiger partial charge in [0.25, 0.3) is 0 Å². The SMILES string of the molecule is CCNC(=NCC(c1cccs1)N1CCOCC1)NCCc1c[nH]c2ccccc12. The molecule has 1 atom stereocenters. The number of nitrogens with one attached hydrogen (secondary N) is 3.